The van der Waals surface area contributed by atoms with Crippen molar-refractivity contribution in [2.24, 2.45) is 9.98 Å². The molecular weight excluding hydrogens is 864 g/mol. The molecule has 62 heavy (non-hydrogen) atoms. The first-order valence-electron chi connectivity index (χ1n) is 20.3. The van der Waals surface area contributed by atoms with E-state index in [0.717, 1.165) is 66.5 Å². The van der Waals surface area contributed by atoms with E-state index in [2.05, 4.69) is 48.1 Å². The quantitative estimate of drug-likeness (QED) is 0.151. The van der Waals surface area contributed by atoms with Crippen LogP contribution in [0.1, 0.15) is 133 Å². The number of carbonyl (C=O) groups excluding carboxylic acids is 2. The normalized spacial score (nSPS) is 15.7. The fraction of sp³-hybridized carbons (Fsp3) is 0.391. The van der Waals surface area contributed by atoms with E-state index in [0.29, 0.717) is 21.7 Å². The Kier molecular flexibility index (Phi) is 12.5. The fourth-order valence-electron chi connectivity index (χ4n) is 7.35. The van der Waals surface area contributed by atoms with Crippen molar-refractivity contribution in [3.8, 4) is 10.0 Å². The summed E-state index contributed by atoms with van der Waals surface area (Å²) in [5.74, 6) is 2.19. The number of halogens is 2. The Bertz CT molecular complexity index is 2560. The number of esters is 2. The lowest BCUT2D eigenvalue weighted by atomic mass is 9.99. The minimum Gasteiger partial charge on any atom is -0.460 e. The molecule has 324 valence electrons. The van der Waals surface area contributed by atoms with E-state index >= 15 is 0 Å². The number of ether oxygens (including phenoxy) is 2. The number of aromatic nitrogens is 6. The van der Waals surface area contributed by atoms with Gasteiger partial charge in [0.15, 0.2) is 11.6 Å². The number of thiophene rings is 2. The third kappa shape index (κ3) is 9.34. The lowest BCUT2D eigenvalue weighted by molar-refractivity contribution is -0.156. The molecule has 0 bridgehead atoms. The lowest BCUT2D eigenvalue weighted by Gasteiger charge is -2.21. The van der Waals surface area contributed by atoms with E-state index in [1.54, 1.807) is 22.7 Å². The molecule has 2 aliphatic heterocycles. The Morgan fingerprint density at radius 3 is 1.24 bits per heavy atom. The molecule has 8 rings (SSSR count). The highest BCUT2D eigenvalue weighted by molar-refractivity contribution is 7.15. The third-order valence-electron chi connectivity index (χ3n) is 10.3. The van der Waals surface area contributed by atoms with Crippen molar-refractivity contribution in [1.82, 2.24) is 29.5 Å². The molecule has 4 aromatic heterocycles. The van der Waals surface area contributed by atoms with Gasteiger partial charge in [0.1, 0.15) is 44.9 Å². The molecule has 0 spiro atoms. The molecule has 0 radical (unpaired) electrons. The van der Waals surface area contributed by atoms with Gasteiger partial charge in [-0.2, -0.15) is 0 Å². The van der Waals surface area contributed by atoms with Crippen molar-refractivity contribution >= 4 is 69.2 Å². The van der Waals surface area contributed by atoms with Gasteiger partial charge in [-0.25, -0.2) is 0 Å². The first-order chi connectivity index (χ1) is 29.1. The summed E-state index contributed by atoms with van der Waals surface area (Å²) in [5.41, 5.74) is 6.80. The predicted molar refractivity (Wildman–Crippen MR) is 247 cm³/mol. The summed E-state index contributed by atoms with van der Waals surface area (Å²) in [5, 5.41) is 20.8. The van der Waals surface area contributed by atoms with Crippen LogP contribution in [0.25, 0.3) is 10.0 Å². The molecule has 2 atom stereocenters. The topological polar surface area (TPSA) is 139 Å². The fourth-order valence-corrected chi connectivity index (χ4v) is 10.0. The molecule has 6 aromatic rings. The average molecular weight is 914 g/mol. The summed E-state index contributed by atoms with van der Waals surface area (Å²) < 4.78 is 15.2. The van der Waals surface area contributed by atoms with E-state index in [9.17, 15) is 9.59 Å². The molecule has 0 amide bonds. The lowest BCUT2D eigenvalue weighted by Crippen LogP contribution is -2.25. The van der Waals surface area contributed by atoms with Gasteiger partial charge in [-0.15, -0.1) is 43.1 Å². The molecule has 0 unspecified atom stereocenters. The van der Waals surface area contributed by atoms with Crippen LogP contribution in [-0.2, 0) is 19.1 Å². The summed E-state index contributed by atoms with van der Waals surface area (Å²) in [6, 6.07) is 14.2. The van der Waals surface area contributed by atoms with Gasteiger partial charge in [-0.05, 0) is 118 Å². The van der Waals surface area contributed by atoms with Crippen molar-refractivity contribution in [2.45, 2.75) is 119 Å². The van der Waals surface area contributed by atoms with Crippen LogP contribution in [0.2, 0.25) is 10.0 Å². The van der Waals surface area contributed by atoms with Gasteiger partial charge >= 0.3 is 11.9 Å². The number of nitrogens with zero attached hydrogens (tertiary/aromatic N) is 8. The van der Waals surface area contributed by atoms with E-state index in [1.165, 1.54) is 9.75 Å². The van der Waals surface area contributed by atoms with Crippen molar-refractivity contribution < 1.29 is 19.1 Å². The Morgan fingerprint density at radius 2 is 0.919 bits per heavy atom. The summed E-state index contributed by atoms with van der Waals surface area (Å²) in [6.45, 7) is 23.4. The Morgan fingerprint density at radius 1 is 0.581 bits per heavy atom. The van der Waals surface area contributed by atoms with Gasteiger partial charge in [0.25, 0.3) is 0 Å². The van der Waals surface area contributed by atoms with E-state index in [-0.39, 0.29) is 24.8 Å². The first kappa shape index (κ1) is 45.0. The number of fused-ring (bicyclic) bond motifs is 6. The molecular formula is C46H50Cl2N8O4S2. The molecule has 6 heterocycles. The zero-order chi connectivity index (χ0) is 45.0. The van der Waals surface area contributed by atoms with Crippen LogP contribution in [0, 0.1) is 41.5 Å². The molecule has 0 N–H and O–H groups in total. The number of aliphatic imine (C=N–C) groups is 2. The minimum absolute atomic E-state index is 0.0828. The van der Waals surface area contributed by atoms with Gasteiger partial charge in [0.2, 0.25) is 0 Å². The minimum atomic E-state index is -0.569. The summed E-state index contributed by atoms with van der Waals surface area (Å²) in [6.07, 6.45) is 0.166. The van der Waals surface area contributed by atoms with E-state index in [1.807, 2.05) is 113 Å². The number of carbonyl (C=O) groups is 2. The van der Waals surface area contributed by atoms with Gasteiger partial charge < -0.3 is 9.47 Å². The van der Waals surface area contributed by atoms with Gasteiger partial charge in [0, 0.05) is 42.1 Å². The zero-order valence-electron chi connectivity index (χ0n) is 37.0. The molecule has 0 fully saturated rings. The smallest absolute Gasteiger partial charge is 0.308 e. The Labute approximate surface area is 380 Å². The second-order valence-electron chi connectivity index (χ2n) is 17.4. The van der Waals surface area contributed by atoms with Crippen molar-refractivity contribution in [3.63, 3.8) is 0 Å². The maximum absolute atomic E-state index is 12.7. The van der Waals surface area contributed by atoms with Gasteiger partial charge in [-0.1, -0.05) is 47.5 Å². The van der Waals surface area contributed by atoms with Crippen molar-refractivity contribution in [2.75, 3.05) is 0 Å². The van der Waals surface area contributed by atoms with Crippen LogP contribution in [0.5, 0.6) is 0 Å². The number of benzene rings is 2. The van der Waals surface area contributed by atoms with E-state index < -0.39 is 23.3 Å². The van der Waals surface area contributed by atoms with Crippen LogP contribution < -0.4 is 0 Å². The first-order valence-corrected chi connectivity index (χ1v) is 22.7. The number of aryl methyl sites for hydroxylation is 4. The summed E-state index contributed by atoms with van der Waals surface area (Å²) >= 11 is 15.6. The maximum Gasteiger partial charge on any atom is 0.308 e. The Balaban J connectivity index is 0.000000186. The van der Waals surface area contributed by atoms with E-state index in [4.69, 9.17) is 42.7 Å². The van der Waals surface area contributed by atoms with Gasteiger partial charge in [0.05, 0.1) is 24.3 Å². The highest BCUT2D eigenvalue weighted by Crippen LogP contribution is 2.41. The summed E-state index contributed by atoms with van der Waals surface area (Å²) in [7, 11) is 0. The maximum atomic E-state index is 12.7. The van der Waals surface area contributed by atoms with Crippen molar-refractivity contribution in [1.29, 1.82) is 0 Å². The van der Waals surface area contributed by atoms with Gasteiger partial charge in [-0.3, -0.25) is 28.7 Å². The van der Waals surface area contributed by atoms with Crippen molar-refractivity contribution in [3.05, 3.63) is 125 Å². The average Bonchev–Trinajstić information content (AvgIpc) is 3.86. The largest absolute Gasteiger partial charge is 0.460 e. The van der Waals surface area contributed by atoms with Crippen LogP contribution in [-0.4, -0.2) is 64.1 Å². The highest BCUT2D eigenvalue weighted by atomic mass is 35.5. The molecule has 12 nitrogen and oxygen atoms in total. The molecule has 0 saturated heterocycles. The monoisotopic (exact) mass is 912 g/mol. The van der Waals surface area contributed by atoms with Crippen LogP contribution in [0.15, 0.2) is 58.5 Å². The molecule has 2 aliphatic rings. The number of rotatable bonds is 6. The molecule has 16 heteroatoms. The number of hydrogen-bond acceptors (Lipinski definition) is 12. The van der Waals surface area contributed by atoms with Crippen LogP contribution >= 0.6 is 45.9 Å². The zero-order valence-corrected chi connectivity index (χ0v) is 40.1. The second kappa shape index (κ2) is 17.3. The van der Waals surface area contributed by atoms with Crippen LogP contribution in [0.4, 0.5) is 0 Å². The highest BCUT2D eigenvalue weighted by Gasteiger charge is 2.35. The molecule has 2 aromatic carbocycles. The Hall–Kier alpha value is -5.02. The molecule has 0 saturated carbocycles. The number of hydrogen-bond donors (Lipinski definition) is 0. The standard InChI is InChI=1S/2C23H25ClN4O2S/c2*1-12-13(2)31-22-19(12)20(15-7-9-16(24)10-8-15)25-17(11-18(29)30-23(4,5)6)21-27-26-14(3)28(21)22/h2*7-10,17H,11H2,1-6H3/t2*17-/m10/s1. The van der Waals surface area contributed by atoms with Crippen LogP contribution in [0.3, 0.4) is 0 Å². The summed E-state index contributed by atoms with van der Waals surface area (Å²) in [4.78, 5) is 38.0. The SMILES string of the molecule is Cc1sc2c(c1C)C(c1ccc(Cl)cc1)=N[C@@H](CC(=O)OC(C)(C)C)c1nnc(C)n1-2.Cc1sc2c(c1C)C(c1ccc(Cl)cc1)=N[C@H](CC(=O)OC(C)(C)C)c1nnc(C)n1-2. The predicted octanol–water partition coefficient (Wildman–Crippen LogP) is 11.1. The second-order valence-corrected chi connectivity index (χ2v) is 20.7. The molecule has 0 aliphatic carbocycles. The third-order valence-corrected chi connectivity index (χ3v) is 13.2.